The van der Waals surface area contributed by atoms with Crippen molar-refractivity contribution in [2.75, 3.05) is 18.1 Å². The van der Waals surface area contributed by atoms with Crippen molar-refractivity contribution in [2.24, 2.45) is 0 Å². The number of amides is 4. The van der Waals surface area contributed by atoms with Crippen molar-refractivity contribution in [1.29, 1.82) is 0 Å². The van der Waals surface area contributed by atoms with Crippen molar-refractivity contribution in [3.8, 4) is 0 Å². The summed E-state index contributed by atoms with van der Waals surface area (Å²) in [4.78, 5) is 45.9. The van der Waals surface area contributed by atoms with E-state index in [0.29, 0.717) is 12.1 Å². The molecule has 1 N–H and O–H groups in total. The number of carbonyl (C=O) groups excluding carboxylic acids is 3. The number of rotatable bonds is 5. The van der Waals surface area contributed by atoms with Gasteiger partial charge in [0.15, 0.2) is 15.4 Å². The number of sulfone groups is 1. The van der Waals surface area contributed by atoms with Crippen LogP contribution in [0.5, 0.6) is 0 Å². The Labute approximate surface area is 182 Å². The fraction of sp³-hybridized carbons (Fsp3) is 0.619. The van der Waals surface area contributed by atoms with Crippen molar-refractivity contribution < 1.29 is 22.8 Å². The molecule has 2 unspecified atom stereocenters. The Kier molecular flexibility index (Phi) is 5.76. The fourth-order valence-corrected chi connectivity index (χ4v) is 6.66. The summed E-state index contributed by atoms with van der Waals surface area (Å²) in [6, 6.07) is 4.00. The maximum absolute atomic E-state index is 13.4. The van der Waals surface area contributed by atoms with E-state index < -0.39 is 39.9 Å². The maximum Gasteiger partial charge on any atom is 0.325 e. The summed E-state index contributed by atoms with van der Waals surface area (Å²) in [5.41, 5.74) is -0.945. The summed E-state index contributed by atoms with van der Waals surface area (Å²) in [5, 5.41) is 2.66. The minimum atomic E-state index is -3.18. The number of imide groups is 1. The van der Waals surface area contributed by atoms with E-state index in [2.05, 4.69) is 10.3 Å². The first-order chi connectivity index (χ1) is 14.7. The lowest BCUT2D eigenvalue weighted by Crippen LogP contribution is -2.53. The molecule has 3 aliphatic rings. The lowest BCUT2D eigenvalue weighted by atomic mass is 9.92. The summed E-state index contributed by atoms with van der Waals surface area (Å²) in [6.45, 7) is 1.17. The minimum Gasteiger partial charge on any atom is -0.334 e. The summed E-state index contributed by atoms with van der Waals surface area (Å²) < 4.78 is 24.1. The SMILES string of the molecule is CC1(c2ccccn2)NC(=O)N(CC(=O)N(C2CCCCC2)C2CCS(=O)(=O)C2)C1=O. The van der Waals surface area contributed by atoms with Gasteiger partial charge in [0, 0.05) is 18.3 Å². The van der Waals surface area contributed by atoms with Gasteiger partial charge in [-0.25, -0.2) is 13.2 Å². The molecular weight excluding hydrogens is 420 g/mol. The third-order valence-electron chi connectivity index (χ3n) is 6.60. The molecule has 0 bridgehead atoms. The molecule has 0 radical (unpaired) electrons. The number of urea groups is 1. The number of aromatic nitrogens is 1. The monoisotopic (exact) mass is 448 g/mol. The van der Waals surface area contributed by atoms with Crippen LogP contribution in [-0.2, 0) is 25.0 Å². The zero-order valence-corrected chi connectivity index (χ0v) is 18.4. The van der Waals surface area contributed by atoms with E-state index in [4.69, 9.17) is 0 Å². The third-order valence-corrected chi connectivity index (χ3v) is 8.35. The molecule has 1 aromatic rings. The first-order valence-corrected chi connectivity index (χ1v) is 12.6. The molecule has 0 aromatic carbocycles. The number of pyridine rings is 1. The van der Waals surface area contributed by atoms with E-state index in [9.17, 15) is 22.8 Å². The van der Waals surface area contributed by atoms with E-state index in [1.54, 1.807) is 36.2 Å². The lowest BCUT2D eigenvalue weighted by Gasteiger charge is -2.38. The molecular formula is C21H28N4O5S. The average molecular weight is 449 g/mol. The highest BCUT2D eigenvalue weighted by Crippen LogP contribution is 2.30. The fourth-order valence-electron chi connectivity index (χ4n) is 4.95. The van der Waals surface area contributed by atoms with Gasteiger partial charge in [-0.1, -0.05) is 25.3 Å². The van der Waals surface area contributed by atoms with Crippen LogP contribution in [0.25, 0.3) is 0 Å². The van der Waals surface area contributed by atoms with Gasteiger partial charge in [-0.05, 0) is 38.3 Å². The van der Waals surface area contributed by atoms with Crippen LogP contribution in [0.3, 0.4) is 0 Å². The molecule has 3 fully saturated rings. The van der Waals surface area contributed by atoms with Gasteiger partial charge in [-0.3, -0.25) is 19.5 Å². The molecule has 31 heavy (non-hydrogen) atoms. The second-order valence-corrected chi connectivity index (χ2v) is 11.0. The Hall–Kier alpha value is -2.49. The Balaban J connectivity index is 1.55. The highest BCUT2D eigenvalue weighted by molar-refractivity contribution is 7.91. The molecule has 3 heterocycles. The molecule has 10 heteroatoms. The zero-order valence-electron chi connectivity index (χ0n) is 17.6. The second kappa shape index (κ2) is 8.22. The highest BCUT2D eigenvalue weighted by atomic mass is 32.2. The number of hydrogen-bond acceptors (Lipinski definition) is 6. The standard InChI is InChI=1S/C21H28N4O5S/c1-21(17-9-5-6-11-22-17)19(27)24(20(28)23-21)13-18(26)25(15-7-3-2-4-8-15)16-10-12-31(29,30)14-16/h5-6,9,11,15-16H,2-4,7-8,10,12-14H2,1H3,(H,23,28). The lowest BCUT2D eigenvalue weighted by molar-refractivity contribution is -0.142. The normalized spacial score (nSPS) is 28.5. The number of hydrogen-bond donors (Lipinski definition) is 1. The Morgan fingerprint density at radius 1 is 1.19 bits per heavy atom. The zero-order chi connectivity index (χ0) is 22.2. The summed E-state index contributed by atoms with van der Waals surface area (Å²) >= 11 is 0. The van der Waals surface area contributed by atoms with E-state index in [1.165, 1.54) is 0 Å². The quantitative estimate of drug-likeness (QED) is 0.677. The topological polar surface area (TPSA) is 117 Å². The van der Waals surface area contributed by atoms with Crippen molar-refractivity contribution in [1.82, 2.24) is 20.1 Å². The molecule has 4 amide bonds. The van der Waals surface area contributed by atoms with Crippen LogP contribution in [-0.4, -0.2) is 71.2 Å². The van der Waals surface area contributed by atoms with E-state index >= 15 is 0 Å². The van der Waals surface area contributed by atoms with Gasteiger partial charge in [0.05, 0.1) is 17.2 Å². The highest BCUT2D eigenvalue weighted by Gasteiger charge is 2.51. The van der Waals surface area contributed by atoms with Crippen LogP contribution in [0.15, 0.2) is 24.4 Å². The van der Waals surface area contributed by atoms with Crippen LogP contribution < -0.4 is 5.32 Å². The largest absolute Gasteiger partial charge is 0.334 e. The molecule has 2 saturated heterocycles. The predicted molar refractivity (Wildman–Crippen MR) is 113 cm³/mol. The average Bonchev–Trinajstić information content (AvgIpc) is 3.21. The van der Waals surface area contributed by atoms with Crippen LogP contribution >= 0.6 is 0 Å². The molecule has 9 nitrogen and oxygen atoms in total. The molecule has 4 rings (SSSR count). The Morgan fingerprint density at radius 3 is 2.55 bits per heavy atom. The van der Waals surface area contributed by atoms with Crippen molar-refractivity contribution in [3.05, 3.63) is 30.1 Å². The molecule has 1 aliphatic carbocycles. The van der Waals surface area contributed by atoms with E-state index in [-0.39, 0.29) is 23.5 Å². The van der Waals surface area contributed by atoms with Crippen LogP contribution in [0.2, 0.25) is 0 Å². The van der Waals surface area contributed by atoms with Crippen molar-refractivity contribution in [3.63, 3.8) is 0 Å². The molecule has 1 saturated carbocycles. The van der Waals surface area contributed by atoms with Gasteiger partial charge in [-0.2, -0.15) is 0 Å². The van der Waals surface area contributed by atoms with Crippen LogP contribution in [0.1, 0.15) is 51.1 Å². The first kappa shape index (κ1) is 21.7. The van der Waals surface area contributed by atoms with Gasteiger partial charge >= 0.3 is 6.03 Å². The Bertz CT molecular complexity index is 977. The molecule has 0 spiro atoms. The molecule has 2 atom stereocenters. The number of nitrogens with zero attached hydrogens (tertiary/aromatic N) is 3. The first-order valence-electron chi connectivity index (χ1n) is 10.8. The van der Waals surface area contributed by atoms with Crippen molar-refractivity contribution in [2.45, 2.75) is 63.1 Å². The maximum atomic E-state index is 13.4. The van der Waals surface area contributed by atoms with Gasteiger partial charge in [-0.15, -0.1) is 0 Å². The smallest absolute Gasteiger partial charge is 0.325 e. The van der Waals surface area contributed by atoms with Crippen LogP contribution in [0.4, 0.5) is 4.79 Å². The van der Waals surface area contributed by atoms with Gasteiger partial charge < -0.3 is 10.2 Å². The predicted octanol–water partition coefficient (Wildman–Crippen LogP) is 1.20. The third kappa shape index (κ3) is 4.17. The summed E-state index contributed by atoms with van der Waals surface area (Å²) in [5.74, 6) is -0.897. The number of carbonyl (C=O) groups is 3. The minimum absolute atomic E-state index is 0.0532. The summed E-state index contributed by atoms with van der Waals surface area (Å²) in [7, 11) is -3.18. The van der Waals surface area contributed by atoms with E-state index in [1.807, 2.05) is 0 Å². The van der Waals surface area contributed by atoms with Gasteiger partial charge in [0.25, 0.3) is 5.91 Å². The Morgan fingerprint density at radius 2 is 1.94 bits per heavy atom. The number of nitrogens with one attached hydrogen (secondary N) is 1. The van der Waals surface area contributed by atoms with Crippen molar-refractivity contribution >= 4 is 27.7 Å². The molecule has 2 aliphatic heterocycles. The molecule has 1 aromatic heterocycles. The summed E-state index contributed by atoms with van der Waals surface area (Å²) in [6.07, 6.45) is 6.62. The van der Waals surface area contributed by atoms with Gasteiger partial charge in [0.1, 0.15) is 6.54 Å². The van der Waals surface area contributed by atoms with E-state index in [0.717, 1.165) is 37.0 Å². The molecule has 168 valence electrons. The van der Waals surface area contributed by atoms with Crippen LogP contribution in [0, 0.1) is 0 Å². The second-order valence-electron chi connectivity index (χ2n) is 8.81. The van der Waals surface area contributed by atoms with Gasteiger partial charge in [0.2, 0.25) is 5.91 Å².